The van der Waals surface area contributed by atoms with Crippen molar-refractivity contribution >= 4 is 5.78 Å². The highest BCUT2D eigenvalue weighted by atomic mass is 16.3. The SMILES string of the molecule is CCN(Cc1ccco1)C(C)C(=O)c1cc(C)ccc1C. The van der Waals surface area contributed by atoms with E-state index in [9.17, 15) is 4.79 Å². The van der Waals surface area contributed by atoms with E-state index in [4.69, 9.17) is 4.42 Å². The normalized spacial score (nSPS) is 12.6. The highest BCUT2D eigenvalue weighted by Crippen LogP contribution is 2.17. The number of Topliss-reactive ketones (excluding diaryl/α,β-unsaturated/α-hetero) is 1. The summed E-state index contributed by atoms with van der Waals surface area (Å²) < 4.78 is 5.39. The molecule has 3 heteroatoms. The minimum absolute atomic E-state index is 0.166. The van der Waals surface area contributed by atoms with Crippen LogP contribution in [0.3, 0.4) is 0 Å². The predicted octanol–water partition coefficient (Wildman–Crippen LogP) is 3.99. The van der Waals surface area contributed by atoms with Crippen molar-refractivity contribution in [3.63, 3.8) is 0 Å². The summed E-state index contributed by atoms with van der Waals surface area (Å²) in [6, 6.07) is 9.68. The van der Waals surface area contributed by atoms with E-state index >= 15 is 0 Å². The summed E-state index contributed by atoms with van der Waals surface area (Å²) in [5.74, 6) is 1.06. The number of furan rings is 1. The van der Waals surface area contributed by atoms with E-state index < -0.39 is 0 Å². The van der Waals surface area contributed by atoms with Crippen LogP contribution in [-0.4, -0.2) is 23.3 Å². The van der Waals surface area contributed by atoms with E-state index in [0.717, 1.165) is 29.0 Å². The summed E-state index contributed by atoms with van der Waals surface area (Å²) in [6.45, 7) is 9.50. The minimum atomic E-state index is -0.166. The van der Waals surface area contributed by atoms with Gasteiger partial charge in [-0.15, -0.1) is 0 Å². The van der Waals surface area contributed by atoms with E-state index in [2.05, 4.69) is 11.8 Å². The highest BCUT2D eigenvalue weighted by molar-refractivity contribution is 6.01. The summed E-state index contributed by atoms with van der Waals surface area (Å²) in [4.78, 5) is 14.9. The maximum absolute atomic E-state index is 12.8. The van der Waals surface area contributed by atoms with Crippen LogP contribution in [0.5, 0.6) is 0 Å². The van der Waals surface area contributed by atoms with Crippen molar-refractivity contribution < 1.29 is 9.21 Å². The first-order valence-electron chi connectivity index (χ1n) is 7.40. The van der Waals surface area contributed by atoms with E-state index in [1.54, 1.807) is 6.26 Å². The molecule has 0 aliphatic rings. The smallest absolute Gasteiger partial charge is 0.179 e. The Morgan fingerprint density at radius 3 is 2.67 bits per heavy atom. The van der Waals surface area contributed by atoms with Gasteiger partial charge in [0.1, 0.15) is 5.76 Å². The lowest BCUT2D eigenvalue weighted by Gasteiger charge is -2.26. The summed E-state index contributed by atoms with van der Waals surface area (Å²) in [5.41, 5.74) is 2.97. The average molecular weight is 285 g/mol. The van der Waals surface area contributed by atoms with Gasteiger partial charge in [0.25, 0.3) is 0 Å². The molecule has 0 amide bonds. The Morgan fingerprint density at radius 1 is 1.29 bits per heavy atom. The van der Waals surface area contributed by atoms with Gasteiger partial charge in [-0.05, 0) is 51.1 Å². The van der Waals surface area contributed by atoms with Crippen molar-refractivity contribution in [3.8, 4) is 0 Å². The summed E-state index contributed by atoms with van der Waals surface area (Å²) in [7, 11) is 0. The van der Waals surface area contributed by atoms with Gasteiger partial charge in [0.15, 0.2) is 5.78 Å². The first-order chi connectivity index (χ1) is 10.0. The molecule has 1 unspecified atom stereocenters. The Hall–Kier alpha value is -1.87. The van der Waals surface area contributed by atoms with Crippen LogP contribution >= 0.6 is 0 Å². The second kappa shape index (κ2) is 6.72. The molecule has 21 heavy (non-hydrogen) atoms. The predicted molar refractivity (Wildman–Crippen MR) is 84.5 cm³/mol. The summed E-state index contributed by atoms with van der Waals surface area (Å²) in [6.07, 6.45) is 1.67. The zero-order valence-corrected chi connectivity index (χ0v) is 13.2. The van der Waals surface area contributed by atoms with Gasteiger partial charge in [-0.2, -0.15) is 0 Å². The topological polar surface area (TPSA) is 33.5 Å². The van der Waals surface area contributed by atoms with Gasteiger partial charge in [0, 0.05) is 5.56 Å². The second-order valence-corrected chi connectivity index (χ2v) is 5.50. The van der Waals surface area contributed by atoms with Gasteiger partial charge in [0.05, 0.1) is 18.8 Å². The largest absolute Gasteiger partial charge is 0.468 e. The molecule has 2 aromatic rings. The molecule has 0 bridgehead atoms. The van der Waals surface area contributed by atoms with Crippen molar-refractivity contribution in [3.05, 3.63) is 59.0 Å². The average Bonchev–Trinajstić information content (AvgIpc) is 2.99. The molecule has 1 aromatic heterocycles. The zero-order chi connectivity index (χ0) is 15.4. The van der Waals surface area contributed by atoms with E-state index in [-0.39, 0.29) is 11.8 Å². The van der Waals surface area contributed by atoms with E-state index in [0.29, 0.717) is 6.54 Å². The molecule has 1 heterocycles. The van der Waals surface area contributed by atoms with Crippen molar-refractivity contribution in [2.45, 2.75) is 40.3 Å². The molecule has 1 aromatic carbocycles. The van der Waals surface area contributed by atoms with Crippen LogP contribution in [0.2, 0.25) is 0 Å². The summed E-state index contributed by atoms with van der Waals surface area (Å²) >= 11 is 0. The van der Waals surface area contributed by atoms with Crippen LogP contribution in [0.15, 0.2) is 41.0 Å². The quantitative estimate of drug-likeness (QED) is 0.752. The molecule has 1 atom stereocenters. The van der Waals surface area contributed by atoms with Crippen molar-refractivity contribution in [2.24, 2.45) is 0 Å². The van der Waals surface area contributed by atoms with Gasteiger partial charge in [-0.3, -0.25) is 9.69 Å². The van der Waals surface area contributed by atoms with E-state index in [1.807, 2.05) is 51.1 Å². The standard InChI is InChI=1S/C18H23NO2/c1-5-19(12-16-7-6-10-21-16)15(4)18(20)17-11-13(2)8-9-14(17)3/h6-11,15H,5,12H2,1-4H3. The Bertz CT molecular complexity index is 602. The second-order valence-electron chi connectivity index (χ2n) is 5.50. The number of rotatable bonds is 6. The fourth-order valence-electron chi connectivity index (χ4n) is 2.52. The van der Waals surface area contributed by atoms with Crippen LogP contribution < -0.4 is 0 Å². The lowest BCUT2D eigenvalue weighted by molar-refractivity contribution is 0.0825. The molecule has 0 aliphatic carbocycles. The lowest BCUT2D eigenvalue weighted by atomic mass is 9.97. The molecule has 0 fully saturated rings. The van der Waals surface area contributed by atoms with Crippen molar-refractivity contribution in [1.29, 1.82) is 0 Å². The molecule has 112 valence electrons. The number of nitrogens with zero attached hydrogens (tertiary/aromatic N) is 1. The maximum Gasteiger partial charge on any atom is 0.179 e. The number of hydrogen-bond donors (Lipinski definition) is 0. The molecule has 0 N–H and O–H groups in total. The van der Waals surface area contributed by atoms with Crippen LogP contribution in [0.4, 0.5) is 0 Å². The van der Waals surface area contributed by atoms with Crippen molar-refractivity contribution in [2.75, 3.05) is 6.54 Å². The number of benzene rings is 1. The number of ketones is 1. The molecular weight excluding hydrogens is 262 g/mol. The number of carbonyl (C=O) groups is 1. The maximum atomic E-state index is 12.8. The Kier molecular flexibility index (Phi) is 4.97. The van der Waals surface area contributed by atoms with Gasteiger partial charge in [-0.1, -0.05) is 24.6 Å². The number of hydrogen-bond acceptors (Lipinski definition) is 3. The van der Waals surface area contributed by atoms with Crippen molar-refractivity contribution in [1.82, 2.24) is 4.90 Å². The van der Waals surface area contributed by atoms with Gasteiger partial charge in [-0.25, -0.2) is 0 Å². The minimum Gasteiger partial charge on any atom is -0.468 e. The fraction of sp³-hybridized carbons (Fsp3) is 0.389. The van der Waals surface area contributed by atoms with Gasteiger partial charge >= 0.3 is 0 Å². The lowest BCUT2D eigenvalue weighted by Crippen LogP contribution is -2.38. The van der Waals surface area contributed by atoms with Crippen LogP contribution in [0.25, 0.3) is 0 Å². The highest BCUT2D eigenvalue weighted by Gasteiger charge is 2.23. The van der Waals surface area contributed by atoms with Crippen LogP contribution in [0, 0.1) is 13.8 Å². The van der Waals surface area contributed by atoms with Gasteiger partial charge < -0.3 is 4.42 Å². The van der Waals surface area contributed by atoms with Crippen LogP contribution in [0.1, 0.15) is 41.1 Å². The third-order valence-corrected chi connectivity index (χ3v) is 3.93. The fourth-order valence-corrected chi connectivity index (χ4v) is 2.52. The Balaban J connectivity index is 2.18. The monoisotopic (exact) mass is 285 g/mol. The molecule has 2 rings (SSSR count). The molecule has 0 spiro atoms. The number of likely N-dealkylation sites (N-methyl/N-ethyl adjacent to an activating group) is 1. The van der Waals surface area contributed by atoms with Crippen LogP contribution in [-0.2, 0) is 6.54 Å². The molecule has 3 nitrogen and oxygen atoms in total. The number of carbonyl (C=O) groups excluding carboxylic acids is 1. The third kappa shape index (κ3) is 3.61. The van der Waals surface area contributed by atoms with E-state index in [1.165, 1.54) is 0 Å². The van der Waals surface area contributed by atoms with Gasteiger partial charge in [0.2, 0.25) is 0 Å². The first kappa shape index (κ1) is 15.5. The number of aryl methyl sites for hydroxylation is 2. The third-order valence-electron chi connectivity index (χ3n) is 3.93. The summed E-state index contributed by atoms with van der Waals surface area (Å²) in [5, 5.41) is 0. The molecular formula is C18H23NO2. The Morgan fingerprint density at radius 2 is 2.05 bits per heavy atom. The first-order valence-corrected chi connectivity index (χ1v) is 7.40. The molecule has 0 saturated heterocycles. The zero-order valence-electron chi connectivity index (χ0n) is 13.2. The molecule has 0 saturated carbocycles. The molecule has 0 radical (unpaired) electrons. The molecule has 0 aliphatic heterocycles. The Labute approximate surface area is 126 Å².